The van der Waals surface area contributed by atoms with E-state index in [2.05, 4.69) is 6.92 Å². The van der Waals surface area contributed by atoms with Crippen LogP contribution in [0.4, 0.5) is 0 Å². The summed E-state index contributed by atoms with van der Waals surface area (Å²) >= 11 is 0. The topological polar surface area (TPSA) is 32.8 Å². The van der Waals surface area contributed by atoms with Crippen molar-refractivity contribution < 1.29 is 9.84 Å². The number of epoxide rings is 1. The van der Waals surface area contributed by atoms with Gasteiger partial charge >= 0.3 is 0 Å². The summed E-state index contributed by atoms with van der Waals surface area (Å²) in [5.41, 5.74) is 0. The molecule has 0 aromatic heterocycles. The van der Waals surface area contributed by atoms with Gasteiger partial charge in [-0.3, -0.25) is 0 Å². The second-order valence-electron chi connectivity index (χ2n) is 3.88. The van der Waals surface area contributed by atoms with E-state index in [4.69, 9.17) is 9.84 Å². The molecule has 2 fully saturated rings. The second kappa shape index (κ2) is 2.76. The SMILES string of the molecule is CC1OC1CC1CC1CCO. The zero-order chi connectivity index (χ0) is 7.84. The fourth-order valence-electron chi connectivity index (χ4n) is 1.89. The molecule has 2 aliphatic rings. The van der Waals surface area contributed by atoms with E-state index in [9.17, 15) is 0 Å². The molecule has 2 heteroatoms. The lowest BCUT2D eigenvalue weighted by molar-refractivity contribution is 0.274. The minimum absolute atomic E-state index is 0.363. The maximum Gasteiger partial charge on any atom is 0.0841 e. The van der Waals surface area contributed by atoms with Crippen molar-refractivity contribution in [3.63, 3.8) is 0 Å². The van der Waals surface area contributed by atoms with Crippen LogP contribution in [0.5, 0.6) is 0 Å². The Morgan fingerprint density at radius 3 is 2.73 bits per heavy atom. The predicted octanol–water partition coefficient (Wildman–Crippen LogP) is 1.18. The Kier molecular flexibility index (Phi) is 1.90. The molecule has 1 aliphatic heterocycles. The molecule has 11 heavy (non-hydrogen) atoms. The van der Waals surface area contributed by atoms with Crippen LogP contribution in [0, 0.1) is 11.8 Å². The van der Waals surface area contributed by atoms with Crippen molar-refractivity contribution in [2.75, 3.05) is 6.61 Å². The zero-order valence-corrected chi connectivity index (χ0v) is 6.99. The Balaban J connectivity index is 1.60. The van der Waals surface area contributed by atoms with Gasteiger partial charge in [0.25, 0.3) is 0 Å². The fraction of sp³-hybridized carbons (Fsp3) is 1.00. The highest BCUT2D eigenvalue weighted by atomic mass is 16.6. The molecule has 0 amide bonds. The normalized spacial score (nSPS) is 47.5. The minimum Gasteiger partial charge on any atom is -0.396 e. The van der Waals surface area contributed by atoms with Crippen molar-refractivity contribution in [3.05, 3.63) is 0 Å². The van der Waals surface area contributed by atoms with E-state index in [0.29, 0.717) is 18.8 Å². The van der Waals surface area contributed by atoms with Crippen molar-refractivity contribution >= 4 is 0 Å². The van der Waals surface area contributed by atoms with Crippen LogP contribution in [-0.2, 0) is 4.74 Å². The first-order valence-corrected chi connectivity index (χ1v) is 4.57. The summed E-state index contributed by atoms with van der Waals surface area (Å²) < 4.78 is 5.33. The molecule has 0 radical (unpaired) electrons. The molecule has 1 heterocycles. The van der Waals surface area contributed by atoms with Crippen molar-refractivity contribution in [2.45, 2.75) is 38.4 Å². The van der Waals surface area contributed by atoms with Crippen LogP contribution in [0.3, 0.4) is 0 Å². The Morgan fingerprint density at radius 1 is 1.45 bits per heavy atom. The lowest BCUT2D eigenvalue weighted by Gasteiger charge is -1.93. The zero-order valence-electron chi connectivity index (χ0n) is 6.99. The highest BCUT2D eigenvalue weighted by Crippen LogP contribution is 2.47. The average molecular weight is 156 g/mol. The van der Waals surface area contributed by atoms with Gasteiger partial charge in [0.2, 0.25) is 0 Å². The Labute approximate surface area is 67.6 Å². The maximum atomic E-state index is 8.66. The van der Waals surface area contributed by atoms with Gasteiger partial charge in [-0.15, -0.1) is 0 Å². The summed E-state index contributed by atoms with van der Waals surface area (Å²) in [6, 6.07) is 0. The Hall–Kier alpha value is -0.0800. The van der Waals surface area contributed by atoms with E-state index in [1.54, 1.807) is 0 Å². The molecule has 4 atom stereocenters. The lowest BCUT2D eigenvalue weighted by Crippen LogP contribution is -1.94. The van der Waals surface area contributed by atoms with E-state index in [0.717, 1.165) is 18.3 Å². The third-order valence-electron chi connectivity index (χ3n) is 2.94. The summed E-state index contributed by atoms with van der Waals surface area (Å²) in [5, 5.41) is 8.66. The van der Waals surface area contributed by atoms with Crippen LogP contribution < -0.4 is 0 Å². The Bertz CT molecular complexity index is 146. The summed E-state index contributed by atoms with van der Waals surface area (Å²) in [4.78, 5) is 0. The summed E-state index contributed by atoms with van der Waals surface area (Å²) in [6.07, 6.45) is 4.65. The van der Waals surface area contributed by atoms with Gasteiger partial charge in [0.15, 0.2) is 0 Å². The van der Waals surface area contributed by atoms with Gasteiger partial charge in [0, 0.05) is 6.61 Å². The molecule has 64 valence electrons. The molecule has 1 saturated carbocycles. The highest BCUT2D eigenvalue weighted by Gasteiger charge is 2.44. The van der Waals surface area contributed by atoms with Crippen molar-refractivity contribution in [1.82, 2.24) is 0 Å². The van der Waals surface area contributed by atoms with Gasteiger partial charge in [-0.25, -0.2) is 0 Å². The fourth-order valence-corrected chi connectivity index (χ4v) is 1.89. The van der Waals surface area contributed by atoms with Crippen molar-refractivity contribution in [1.29, 1.82) is 0 Å². The first-order chi connectivity index (χ1) is 5.31. The molecule has 0 spiro atoms. The molecule has 2 nitrogen and oxygen atoms in total. The van der Waals surface area contributed by atoms with E-state index >= 15 is 0 Å². The second-order valence-corrected chi connectivity index (χ2v) is 3.88. The van der Waals surface area contributed by atoms with E-state index < -0.39 is 0 Å². The monoisotopic (exact) mass is 156 g/mol. The summed E-state index contributed by atoms with van der Waals surface area (Å²) in [6.45, 7) is 2.50. The molecule has 0 aromatic carbocycles. The molecule has 2 rings (SSSR count). The summed E-state index contributed by atoms with van der Waals surface area (Å²) in [5.74, 6) is 1.69. The van der Waals surface area contributed by atoms with Crippen LogP contribution in [0.15, 0.2) is 0 Å². The smallest absolute Gasteiger partial charge is 0.0841 e. The number of hydrogen-bond donors (Lipinski definition) is 1. The number of ether oxygens (including phenoxy) is 1. The van der Waals surface area contributed by atoms with Gasteiger partial charge in [-0.05, 0) is 38.0 Å². The molecule has 4 unspecified atom stereocenters. The van der Waals surface area contributed by atoms with Crippen LogP contribution in [0.25, 0.3) is 0 Å². The largest absolute Gasteiger partial charge is 0.396 e. The number of rotatable bonds is 4. The molecular weight excluding hydrogens is 140 g/mol. The van der Waals surface area contributed by atoms with Crippen LogP contribution in [-0.4, -0.2) is 23.9 Å². The van der Waals surface area contributed by atoms with E-state index in [1.165, 1.54) is 12.8 Å². The van der Waals surface area contributed by atoms with Gasteiger partial charge in [0.1, 0.15) is 0 Å². The molecule has 0 aromatic rings. The van der Waals surface area contributed by atoms with Gasteiger partial charge < -0.3 is 9.84 Å². The molecule has 0 bridgehead atoms. The first kappa shape index (κ1) is 7.56. The number of aliphatic hydroxyl groups is 1. The van der Waals surface area contributed by atoms with Crippen LogP contribution in [0.1, 0.15) is 26.2 Å². The Morgan fingerprint density at radius 2 is 2.18 bits per heavy atom. The van der Waals surface area contributed by atoms with E-state index in [1.807, 2.05) is 0 Å². The van der Waals surface area contributed by atoms with Gasteiger partial charge in [-0.2, -0.15) is 0 Å². The first-order valence-electron chi connectivity index (χ1n) is 4.57. The lowest BCUT2D eigenvalue weighted by atomic mass is 10.1. The summed E-state index contributed by atoms with van der Waals surface area (Å²) in [7, 11) is 0. The van der Waals surface area contributed by atoms with E-state index in [-0.39, 0.29) is 0 Å². The molecular formula is C9H16O2. The average Bonchev–Trinajstić information content (AvgIpc) is 2.80. The van der Waals surface area contributed by atoms with Gasteiger partial charge in [0.05, 0.1) is 12.2 Å². The third-order valence-corrected chi connectivity index (χ3v) is 2.94. The molecule has 1 saturated heterocycles. The van der Waals surface area contributed by atoms with Gasteiger partial charge in [-0.1, -0.05) is 0 Å². The molecule has 1 N–H and O–H groups in total. The van der Waals surface area contributed by atoms with Crippen molar-refractivity contribution in [2.24, 2.45) is 11.8 Å². The highest BCUT2D eigenvalue weighted by molar-refractivity contribution is 4.93. The van der Waals surface area contributed by atoms with Crippen molar-refractivity contribution in [3.8, 4) is 0 Å². The molecule has 1 aliphatic carbocycles. The maximum absolute atomic E-state index is 8.66. The predicted molar refractivity (Wildman–Crippen MR) is 42.3 cm³/mol. The standard InChI is InChI=1S/C9H16O2/c1-6-9(11-6)5-8-4-7(8)2-3-10/h6-10H,2-5H2,1H3. The minimum atomic E-state index is 0.363. The quantitative estimate of drug-likeness (QED) is 0.620. The number of hydrogen-bond acceptors (Lipinski definition) is 2. The number of aliphatic hydroxyl groups excluding tert-OH is 1. The third kappa shape index (κ3) is 1.74. The van der Waals surface area contributed by atoms with Crippen LogP contribution >= 0.6 is 0 Å². The van der Waals surface area contributed by atoms with Crippen LogP contribution in [0.2, 0.25) is 0 Å².